The Labute approximate surface area is 134 Å². The van der Waals surface area contributed by atoms with Gasteiger partial charge >= 0.3 is 0 Å². The Hall–Kier alpha value is -0.590. The molecule has 2 fully saturated rings. The molecule has 116 valence electrons. The van der Waals surface area contributed by atoms with Crippen molar-refractivity contribution in [3.05, 3.63) is 22.2 Å². The lowest BCUT2D eigenvalue weighted by molar-refractivity contribution is 0.202. The molecule has 6 heteroatoms. The van der Waals surface area contributed by atoms with Gasteiger partial charge in [-0.2, -0.15) is 4.31 Å². The van der Waals surface area contributed by atoms with Gasteiger partial charge in [-0.1, -0.05) is 6.42 Å². The van der Waals surface area contributed by atoms with Gasteiger partial charge in [-0.3, -0.25) is 0 Å². The fourth-order valence-corrected chi connectivity index (χ4v) is 6.24. The molecule has 1 aliphatic heterocycles. The molecule has 0 bridgehead atoms. The van der Waals surface area contributed by atoms with E-state index in [-0.39, 0.29) is 6.04 Å². The van der Waals surface area contributed by atoms with Gasteiger partial charge < -0.3 is 5.73 Å². The number of rotatable bonds is 2. The summed E-state index contributed by atoms with van der Waals surface area (Å²) in [5.74, 6) is 0.543. The summed E-state index contributed by atoms with van der Waals surface area (Å²) in [5.41, 5.74) is 7.11. The van der Waals surface area contributed by atoms with Crippen molar-refractivity contribution in [2.45, 2.75) is 50.0 Å². The molecule has 0 amide bonds. The van der Waals surface area contributed by atoms with E-state index in [0.717, 1.165) is 42.1 Å². The number of nitrogen functional groups attached to an aromatic ring is 1. The molecular weight excluding hydrogens is 352 g/mol. The van der Waals surface area contributed by atoms with E-state index in [1.807, 2.05) is 6.92 Å². The number of nitrogens with zero attached hydrogens (tertiary/aromatic N) is 1. The number of halogens is 1. The summed E-state index contributed by atoms with van der Waals surface area (Å²) in [4.78, 5) is 0.357. The van der Waals surface area contributed by atoms with Gasteiger partial charge in [0, 0.05) is 22.7 Å². The Morgan fingerprint density at radius 1 is 1.24 bits per heavy atom. The highest BCUT2D eigenvalue weighted by molar-refractivity contribution is 9.10. The predicted molar refractivity (Wildman–Crippen MR) is 87.5 cm³/mol. The molecule has 0 aromatic heterocycles. The molecule has 1 saturated heterocycles. The van der Waals surface area contributed by atoms with E-state index in [4.69, 9.17) is 5.73 Å². The molecule has 0 radical (unpaired) electrons. The molecule has 1 aliphatic carbocycles. The minimum atomic E-state index is -3.45. The average Bonchev–Trinajstić information content (AvgIpc) is 2.90. The van der Waals surface area contributed by atoms with E-state index in [1.165, 1.54) is 0 Å². The first kappa shape index (κ1) is 15.3. The monoisotopic (exact) mass is 372 g/mol. The molecular formula is C15H21BrN2O2S. The molecule has 1 saturated carbocycles. The Balaban J connectivity index is 2.02. The first-order valence-corrected chi connectivity index (χ1v) is 9.72. The number of nitrogens with two attached hydrogens (primary N) is 1. The van der Waals surface area contributed by atoms with Gasteiger partial charge in [0.05, 0.1) is 4.90 Å². The second-order valence-corrected chi connectivity index (χ2v) is 8.87. The van der Waals surface area contributed by atoms with Gasteiger partial charge in [0.15, 0.2) is 0 Å². The van der Waals surface area contributed by atoms with Crippen LogP contribution in [0.25, 0.3) is 0 Å². The zero-order valence-corrected chi connectivity index (χ0v) is 14.6. The normalized spacial score (nSPS) is 26.8. The molecule has 3 rings (SSSR count). The molecule has 2 N–H and O–H groups in total. The Kier molecular flexibility index (Phi) is 4.05. The lowest BCUT2D eigenvalue weighted by Crippen LogP contribution is -2.46. The fraction of sp³-hybridized carbons (Fsp3) is 0.600. The van der Waals surface area contributed by atoms with Crippen molar-refractivity contribution in [2.24, 2.45) is 5.92 Å². The van der Waals surface area contributed by atoms with Crippen LogP contribution in [0, 0.1) is 12.8 Å². The number of hydrogen-bond acceptors (Lipinski definition) is 3. The van der Waals surface area contributed by atoms with E-state index in [1.54, 1.807) is 16.4 Å². The van der Waals surface area contributed by atoms with Gasteiger partial charge in [-0.25, -0.2) is 8.42 Å². The summed E-state index contributed by atoms with van der Waals surface area (Å²) < 4.78 is 28.6. The summed E-state index contributed by atoms with van der Waals surface area (Å²) in [6.07, 6.45) is 5.43. The number of piperidine rings is 1. The van der Waals surface area contributed by atoms with Crippen LogP contribution < -0.4 is 5.73 Å². The van der Waals surface area contributed by atoms with Gasteiger partial charge in [-0.05, 0) is 72.2 Å². The lowest BCUT2D eigenvalue weighted by atomic mass is 9.94. The van der Waals surface area contributed by atoms with Crippen LogP contribution in [0.1, 0.15) is 37.7 Å². The molecule has 4 nitrogen and oxygen atoms in total. The van der Waals surface area contributed by atoms with Crippen molar-refractivity contribution >= 4 is 31.6 Å². The SMILES string of the molecule is Cc1cc(Br)c(N)cc1S(=O)(=O)N1CCCC2CCCC21. The quantitative estimate of drug-likeness (QED) is 0.810. The van der Waals surface area contributed by atoms with Crippen LogP contribution in [0.2, 0.25) is 0 Å². The van der Waals surface area contributed by atoms with Crippen LogP contribution in [0.5, 0.6) is 0 Å². The second kappa shape index (κ2) is 5.56. The first-order valence-electron chi connectivity index (χ1n) is 7.48. The summed E-state index contributed by atoms with van der Waals surface area (Å²) in [5, 5.41) is 0. The van der Waals surface area contributed by atoms with E-state index in [0.29, 0.717) is 23.0 Å². The molecule has 21 heavy (non-hydrogen) atoms. The lowest BCUT2D eigenvalue weighted by Gasteiger charge is -2.37. The molecule has 2 atom stereocenters. The van der Waals surface area contributed by atoms with E-state index < -0.39 is 10.0 Å². The maximum Gasteiger partial charge on any atom is 0.243 e. The minimum Gasteiger partial charge on any atom is -0.398 e. The fourth-order valence-electron chi connectivity index (χ4n) is 3.78. The van der Waals surface area contributed by atoms with Crippen molar-refractivity contribution in [1.82, 2.24) is 4.31 Å². The topological polar surface area (TPSA) is 63.4 Å². The third-order valence-corrected chi connectivity index (χ3v) is 7.58. The number of aryl methyl sites for hydroxylation is 1. The van der Waals surface area contributed by atoms with E-state index >= 15 is 0 Å². The highest BCUT2D eigenvalue weighted by Crippen LogP contribution is 2.40. The number of fused-ring (bicyclic) bond motifs is 1. The van der Waals surface area contributed by atoms with Crippen LogP contribution in [-0.4, -0.2) is 25.3 Å². The Bertz CT molecular complexity index is 660. The largest absolute Gasteiger partial charge is 0.398 e. The van der Waals surface area contributed by atoms with Gasteiger partial charge in [-0.15, -0.1) is 0 Å². The molecule has 0 spiro atoms. The van der Waals surface area contributed by atoms with Gasteiger partial charge in [0.25, 0.3) is 0 Å². The predicted octanol–water partition coefficient (Wildman–Crippen LogP) is 3.29. The van der Waals surface area contributed by atoms with Crippen molar-refractivity contribution in [2.75, 3.05) is 12.3 Å². The Morgan fingerprint density at radius 2 is 1.95 bits per heavy atom. The highest BCUT2D eigenvalue weighted by Gasteiger charge is 2.41. The van der Waals surface area contributed by atoms with Crippen molar-refractivity contribution in [1.29, 1.82) is 0 Å². The molecule has 2 aliphatic rings. The number of hydrogen-bond donors (Lipinski definition) is 1. The van der Waals surface area contributed by atoms with Gasteiger partial charge in [0.1, 0.15) is 0 Å². The molecule has 2 unspecified atom stereocenters. The van der Waals surface area contributed by atoms with Crippen LogP contribution in [0.15, 0.2) is 21.5 Å². The summed E-state index contributed by atoms with van der Waals surface area (Å²) >= 11 is 3.35. The minimum absolute atomic E-state index is 0.188. The van der Waals surface area contributed by atoms with Crippen LogP contribution in [0.4, 0.5) is 5.69 Å². The Morgan fingerprint density at radius 3 is 2.71 bits per heavy atom. The summed E-state index contributed by atoms with van der Waals surface area (Å²) in [7, 11) is -3.45. The smallest absolute Gasteiger partial charge is 0.243 e. The third kappa shape index (κ3) is 2.62. The zero-order chi connectivity index (χ0) is 15.2. The second-order valence-electron chi connectivity index (χ2n) is 6.16. The third-order valence-electron chi connectivity index (χ3n) is 4.82. The molecule has 1 aromatic rings. The van der Waals surface area contributed by atoms with Crippen molar-refractivity contribution in [3.63, 3.8) is 0 Å². The molecule has 1 heterocycles. The van der Waals surface area contributed by atoms with Crippen molar-refractivity contribution < 1.29 is 8.42 Å². The number of benzene rings is 1. The van der Waals surface area contributed by atoms with Crippen LogP contribution in [0.3, 0.4) is 0 Å². The average molecular weight is 373 g/mol. The van der Waals surface area contributed by atoms with Gasteiger partial charge in [0.2, 0.25) is 10.0 Å². The summed E-state index contributed by atoms with van der Waals surface area (Å²) in [6.45, 7) is 2.46. The van der Waals surface area contributed by atoms with Crippen molar-refractivity contribution in [3.8, 4) is 0 Å². The highest BCUT2D eigenvalue weighted by atomic mass is 79.9. The maximum absolute atomic E-state index is 13.1. The zero-order valence-electron chi connectivity index (χ0n) is 12.2. The van der Waals surface area contributed by atoms with Crippen LogP contribution >= 0.6 is 15.9 Å². The standard InChI is InChI=1S/C15H21BrN2O2S/c1-10-8-12(16)13(17)9-15(10)21(19,20)18-7-3-5-11-4-2-6-14(11)18/h8-9,11,14H,2-7,17H2,1H3. The summed E-state index contributed by atoms with van der Waals surface area (Å²) in [6, 6.07) is 3.57. The first-order chi connectivity index (χ1) is 9.91. The van der Waals surface area contributed by atoms with E-state index in [9.17, 15) is 8.42 Å². The number of sulfonamides is 1. The van der Waals surface area contributed by atoms with E-state index in [2.05, 4.69) is 15.9 Å². The number of anilines is 1. The molecule has 1 aromatic carbocycles. The van der Waals surface area contributed by atoms with Crippen LogP contribution in [-0.2, 0) is 10.0 Å². The maximum atomic E-state index is 13.1.